The lowest BCUT2D eigenvalue weighted by Crippen LogP contribution is -2.32. The van der Waals surface area contributed by atoms with Gasteiger partial charge in [-0.1, -0.05) is 12.1 Å². The largest absolute Gasteiger partial charge is 0.480 e. The molecule has 0 fully saturated rings. The SMILES string of the molecule is NC(Cc1ccc(NCCO)cc1)C(=O)O. The minimum Gasteiger partial charge on any atom is -0.480 e. The van der Waals surface area contributed by atoms with E-state index in [1.165, 1.54) is 0 Å². The smallest absolute Gasteiger partial charge is 0.320 e. The standard InChI is InChI=1S/C11H16N2O3/c12-10(11(15)16)7-8-1-3-9(4-2-8)13-5-6-14/h1-4,10,13-14H,5-7,12H2,(H,15,16). The Bertz CT molecular complexity index is 338. The van der Waals surface area contributed by atoms with Gasteiger partial charge < -0.3 is 21.3 Å². The molecule has 0 aliphatic carbocycles. The van der Waals surface area contributed by atoms with Crippen molar-refractivity contribution in [1.29, 1.82) is 0 Å². The summed E-state index contributed by atoms with van der Waals surface area (Å²) in [6, 6.07) is 6.45. The van der Waals surface area contributed by atoms with Crippen LogP contribution in [0.3, 0.4) is 0 Å². The molecular weight excluding hydrogens is 208 g/mol. The van der Waals surface area contributed by atoms with Gasteiger partial charge in [0.1, 0.15) is 6.04 Å². The average molecular weight is 224 g/mol. The molecule has 5 heteroatoms. The van der Waals surface area contributed by atoms with Crippen molar-refractivity contribution in [1.82, 2.24) is 0 Å². The van der Waals surface area contributed by atoms with Crippen molar-refractivity contribution in [3.05, 3.63) is 29.8 Å². The summed E-state index contributed by atoms with van der Waals surface area (Å²) >= 11 is 0. The van der Waals surface area contributed by atoms with Crippen LogP contribution in [0.15, 0.2) is 24.3 Å². The van der Waals surface area contributed by atoms with Crippen molar-refractivity contribution >= 4 is 11.7 Å². The van der Waals surface area contributed by atoms with E-state index in [0.29, 0.717) is 13.0 Å². The van der Waals surface area contributed by atoms with Crippen LogP contribution in [0.2, 0.25) is 0 Å². The summed E-state index contributed by atoms with van der Waals surface area (Å²) in [6.45, 7) is 0.569. The van der Waals surface area contributed by atoms with E-state index < -0.39 is 12.0 Å². The van der Waals surface area contributed by atoms with Crippen LogP contribution in [-0.4, -0.2) is 35.4 Å². The second-order valence-electron chi connectivity index (χ2n) is 3.50. The molecule has 5 nitrogen and oxygen atoms in total. The Morgan fingerprint density at radius 2 is 2.00 bits per heavy atom. The number of nitrogens with two attached hydrogens (primary N) is 1. The van der Waals surface area contributed by atoms with Gasteiger partial charge in [-0.2, -0.15) is 0 Å². The van der Waals surface area contributed by atoms with Crippen LogP contribution < -0.4 is 11.1 Å². The average Bonchev–Trinajstić information content (AvgIpc) is 2.28. The predicted molar refractivity (Wildman–Crippen MR) is 61.3 cm³/mol. The van der Waals surface area contributed by atoms with Gasteiger partial charge in [0, 0.05) is 12.2 Å². The number of aliphatic hydroxyl groups excluding tert-OH is 1. The Hall–Kier alpha value is -1.59. The minimum absolute atomic E-state index is 0.0750. The highest BCUT2D eigenvalue weighted by Gasteiger charge is 2.11. The van der Waals surface area contributed by atoms with Crippen LogP contribution >= 0.6 is 0 Å². The highest BCUT2D eigenvalue weighted by molar-refractivity contribution is 5.73. The molecular formula is C11H16N2O3. The molecule has 0 saturated heterocycles. The number of aliphatic carboxylic acids is 1. The highest BCUT2D eigenvalue weighted by atomic mass is 16.4. The maximum atomic E-state index is 10.5. The number of rotatable bonds is 6. The summed E-state index contributed by atoms with van der Waals surface area (Å²) in [7, 11) is 0. The fourth-order valence-corrected chi connectivity index (χ4v) is 1.30. The maximum Gasteiger partial charge on any atom is 0.320 e. The molecule has 0 bridgehead atoms. The number of hydrogen-bond acceptors (Lipinski definition) is 4. The Morgan fingerprint density at radius 1 is 1.38 bits per heavy atom. The third kappa shape index (κ3) is 3.88. The van der Waals surface area contributed by atoms with E-state index in [1.807, 2.05) is 24.3 Å². The summed E-state index contributed by atoms with van der Waals surface area (Å²) in [4.78, 5) is 10.5. The first-order chi connectivity index (χ1) is 7.63. The summed E-state index contributed by atoms with van der Waals surface area (Å²) in [5, 5.41) is 20.3. The third-order valence-electron chi connectivity index (χ3n) is 2.17. The van der Waals surface area contributed by atoms with Crippen LogP contribution in [0.25, 0.3) is 0 Å². The lowest BCUT2D eigenvalue weighted by atomic mass is 10.1. The number of hydrogen-bond donors (Lipinski definition) is 4. The Morgan fingerprint density at radius 3 is 2.50 bits per heavy atom. The van der Waals surface area contributed by atoms with Crippen molar-refractivity contribution < 1.29 is 15.0 Å². The van der Waals surface area contributed by atoms with Crippen LogP contribution in [0, 0.1) is 0 Å². The van der Waals surface area contributed by atoms with Crippen molar-refractivity contribution in [3.8, 4) is 0 Å². The van der Waals surface area contributed by atoms with Crippen molar-refractivity contribution in [2.45, 2.75) is 12.5 Å². The zero-order chi connectivity index (χ0) is 12.0. The first kappa shape index (κ1) is 12.5. The molecule has 0 heterocycles. The molecule has 1 unspecified atom stereocenters. The van der Waals surface area contributed by atoms with Gasteiger partial charge in [0.25, 0.3) is 0 Å². The quantitative estimate of drug-likeness (QED) is 0.547. The van der Waals surface area contributed by atoms with Gasteiger partial charge in [-0.15, -0.1) is 0 Å². The molecule has 0 radical (unpaired) electrons. The van der Waals surface area contributed by atoms with Crippen LogP contribution in [-0.2, 0) is 11.2 Å². The normalized spacial score (nSPS) is 12.1. The topological polar surface area (TPSA) is 95.6 Å². The lowest BCUT2D eigenvalue weighted by molar-refractivity contribution is -0.138. The molecule has 0 aromatic heterocycles. The van der Waals surface area contributed by atoms with Crippen LogP contribution in [0.5, 0.6) is 0 Å². The van der Waals surface area contributed by atoms with Crippen molar-refractivity contribution in [2.24, 2.45) is 5.73 Å². The number of anilines is 1. The summed E-state index contributed by atoms with van der Waals surface area (Å²) in [5.41, 5.74) is 7.19. The first-order valence-electron chi connectivity index (χ1n) is 5.05. The van der Waals surface area contributed by atoms with Gasteiger partial charge in [0.2, 0.25) is 0 Å². The van der Waals surface area contributed by atoms with Crippen LogP contribution in [0.4, 0.5) is 5.69 Å². The summed E-state index contributed by atoms with van der Waals surface area (Å²) in [6.07, 6.45) is 0.315. The molecule has 1 aromatic rings. The van der Waals surface area contributed by atoms with Gasteiger partial charge in [-0.25, -0.2) is 0 Å². The number of carbonyl (C=O) groups is 1. The van der Waals surface area contributed by atoms with Gasteiger partial charge in [0.15, 0.2) is 0 Å². The molecule has 1 atom stereocenters. The Kier molecular flexibility index (Phi) is 4.75. The molecule has 0 aliphatic rings. The summed E-state index contributed by atoms with van der Waals surface area (Å²) < 4.78 is 0. The molecule has 0 spiro atoms. The van der Waals surface area contributed by atoms with E-state index >= 15 is 0 Å². The van der Waals surface area contributed by atoms with Crippen LogP contribution in [0.1, 0.15) is 5.56 Å². The number of benzene rings is 1. The summed E-state index contributed by atoms with van der Waals surface area (Å²) in [5.74, 6) is -0.998. The molecule has 5 N–H and O–H groups in total. The number of nitrogens with one attached hydrogen (secondary N) is 1. The van der Waals surface area contributed by atoms with E-state index in [4.69, 9.17) is 15.9 Å². The fourth-order valence-electron chi connectivity index (χ4n) is 1.30. The maximum absolute atomic E-state index is 10.5. The predicted octanol–water partition coefficient (Wildman–Crippen LogP) is 0.0452. The second-order valence-corrected chi connectivity index (χ2v) is 3.50. The molecule has 1 aromatic carbocycles. The van der Waals surface area contributed by atoms with E-state index in [1.54, 1.807) is 0 Å². The zero-order valence-corrected chi connectivity index (χ0v) is 8.89. The zero-order valence-electron chi connectivity index (χ0n) is 8.89. The van der Waals surface area contributed by atoms with E-state index in [0.717, 1.165) is 11.3 Å². The number of carboxylic acids is 1. The van der Waals surface area contributed by atoms with Crippen molar-refractivity contribution in [3.63, 3.8) is 0 Å². The molecule has 0 saturated carbocycles. The number of carboxylic acid groups (broad SMARTS) is 1. The Balaban J connectivity index is 2.54. The molecule has 1 rings (SSSR count). The molecule has 16 heavy (non-hydrogen) atoms. The minimum atomic E-state index is -0.998. The molecule has 0 amide bonds. The van der Waals surface area contributed by atoms with E-state index in [2.05, 4.69) is 5.32 Å². The van der Waals surface area contributed by atoms with E-state index in [9.17, 15) is 4.79 Å². The fraction of sp³-hybridized carbons (Fsp3) is 0.364. The van der Waals surface area contributed by atoms with Gasteiger partial charge >= 0.3 is 5.97 Å². The highest BCUT2D eigenvalue weighted by Crippen LogP contribution is 2.10. The third-order valence-corrected chi connectivity index (χ3v) is 2.17. The van der Waals surface area contributed by atoms with Gasteiger partial charge in [0.05, 0.1) is 6.61 Å². The molecule has 0 aliphatic heterocycles. The lowest BCUT2D eigenvalue weighted by Gasteiger charge is -2.08. The number of aliphatic hydroxyl groups is 1. The Labute approximate surface area is 93.9 Å². The van der Waals surface area contributed by atoms with Gasteiger partial charge in [-0.3, -0.25) is 4.79 Å². The monoisotopic (exact) mass is 224 g/mol. The first-order valence-corrected chi connectivity index (χ1v) is 5.05. The van der Waals surface area contributed by atoms with Crippen molar-refractivity contribution in [2.75, 3.05) is 18.5 Å². The van der Waals surface area contributed by atoms with Gasteiger partial charge in [-0.05, 0) is 24.1 Å². The van der Waals surface area contributed by atoms with E-state index in [-0.39, 0.29) is 6.61 Å². The molecule has 88 valence electrons. The second kappa shape index (κ2) is 6.09.